The number of nitrogens with zero attached hydrogens (tertiary/aromatic N) is 1. The molecule has 0 radical (unpaired) electrons. The van der Waals surface area contributed by atoms with Crippen LogP contribution in [0.2, 0.25) is 5.02 Å². The fourth-order valence-electron chi connectivity index (χ4n) is 1.82. The smallest absolute Gasteiger partial charge is 0.267 e. The Labute approximate surface area is 153 Å². The SMILES string of the molecule is N#C/C(=C/Nc1ccc(F)c(Cl)c1)C(=O)Nc1ccc(S(N)(=O)=O)cc1. The molecule has 10 heteroatoms. The lowest BCUT2D eigenvalue weighted by Crippen LogP contribution is -2.15. The number of carbonyl (C=O) groups is 1. The Morgan fingerprint density at radius 1 is 1.19 bits per heavy atom. The number of benzene rings is 2. The number of nitrogens with one attached hydrogen (secondary N) is 2. The summed E-state index contributed by atoms with van der Waals surface area (Å²) in [5, 5.41) is 19.1. The van der Waals surface area contributed by atoms with Crippen LogP contribution in [0.1, 0.15) is 0 Å². The van der Waals surface area contributed by atoms with Crippen LogP contribution < -0.4 is 15.8 Å². The Balaban J connectivity index is 2.10. The topological polar surface area (TPSA) is 125 Å². The number of sulfonamides is 1. The van der Waals surface area contributed by atoms with E-state index in [2.05, 4.69) is 10.6 Å². The van der Waals surface area contributed by atoms with Crippen molar-refractivity contribution in [2.75, 3.05) is 10.6 Å². The molecule has 0 unspecified atom stereocenters. The van der Waals surface area contributed by atoms with Gasteiger partial charge in [0.15, 0.2) is 0 Å². The number of carbonyl (C=O) groups excluding carboxylic acids is 1. The Hall–Kier alpha value is -2.93. The van der Waals surface area contributed by atoms with Gasteiger partial charge >= 0.3 is 0 Å². The number of primary sulfonamides is 1. The molecule has 0 spiro atoms. The van der Waals surface area contributed by atoms with E-state index in [1.54, 1.807) is 6.07 Å². The largest absolute Gasteiger partial charge is 0.360 e. The maximum atomic E-state index is 13.1. The zero-order chi connectivity index (χ0) is 19.3. The molecule has 26 heavy (non-hydrogen) atoms. The monoisotopic (exact) mass is 394 g/mol. The van der Waals surface area contributed by atoms with Crippen molar-refractivity contribution >= 4 is 38.9 Å². The van der Waals surface area contributed by atoms with Crippen LogP contribution in [0.5, 0.6) is 0 Å². The van der Waals surface area contributed by atoms with Crippen molar-refractivity contribution in [3.05, 3.63) is 65.1 Å². The zero-order valence-corrected chi connectivity index (χ0v) is 14.6. The Morgan fingerprint density at radius 3 is 2.35 bits per heavy atom. The highest BCUT2D eigenvalue weighted by Gasteiger charge is 2.11. The molecule has 7 nitrogen and oxygen atoms in total. The predicted molar refractivity (Wildman–Crippen MR) is 95.2 cm³/mol. The molecule has 0 aliphatic rings. The first-order chi connectivity index (χ1) is 12.2. The fraction of sp³-hybridized carbons (Fsp3) is 0. The van der Waals surface area contributed by atoms with E-state index in [1.807, 2.05) is 0 Å². The Morgan fingerprint density at radius 2 is 1.81 bits per heavy atom. The van der Waals surface area contributed by atoms with Crippen LogP contribution >= 0.6 is 11.6 Å². The molecule has 0 aliphatic carbocycles. The summed E-state index contributed by atoms with van der Waals surface area (Å²) in [5.41, 5.74) is 0.392. The standard InChI is InChI=1S/C16H12ClFN4O3S/c17-14-7-12(3-6-15(14)18)21-9-10(8-19)16(23)22-11-1-4-13(5-2-11)26(20,24)25/h1-7,9,21H,(H,22,23)(H2,20,24,25)/b10-9-. The Bertz CT molecular complexity index is 1010. The minimum atomic E-state index is -3.84. The summed E-state index contributed by atoms with van der Waals surface area (Å²) in [4.78, 5) is 12.0. The van der Waals surface area contributed by atoms with Gasteiger partial charge in [0.05, 0.1) is 9.92 Å². The summed E-state index contributed by atoms with van der Waals surface area (Å²) >= 11 is 5.65. The van der Waals surface area contributed by atoms with Crippen molar-refractivity contribution in [3.8, 4) is 6.07 Å². The highest BCUT2D eigenvalue weighted by molar-refractivity contribution is 7.89. The number of anilines is 2. The summed E-state index contributed by atoms with van der Waals surface area (Å²) in [6.45, 7) is 0. The number of amides is 1. The molecule has 0 saturated carbocycles. The first kappa shape index (κ1) is 19.4. The van der Waals surface area contributed by atoms with Gasteiger partial charge in [-0.15, -0.1) is 0 Å². The maximum Gasteiger partial charge on any atom is 0.267 e. The van der Waals surface area contributed by atoms with Crippen molar-refractivity contribution < 1.29 is 17.6 Å². The number of hydrogen-bond donors (Lipinski definition) is 3. The zero-order valence-electron chi connectivity index (χ0n) is 13.0. The number of rotatable bonds is 5. The van der Waals surface area contributed by atoms with Crippen LogP contribution in [0.3, 0.4) is 0 Å². The van der Waals surface area contributed by atoms with Gasteiger partial charge in [-0.25, -0.2) is 17.9 Å². The molecular formula is C16H12ClFN4O3S. The van der Waals surface area contributed by atoms with Crippen LogP contribution in [0, 0.1) is 17.1 Å². The molecule has 2 aromatic carbocycles. The Kier molecular flexibility index (Phi) is 5.94. The molecule has 0 aliphatic heterocycles. The van der Waals surface area contributed by atoms with Gasteiger partial charge in [-0.3, -0.25) is 4.79 Å². The van der Waals surface area contributed by atoms with E-state index in [-0.39, 0.29) is 21.2 Å². The second kappa shape index (κ2) is 7.97. The third-order valence-electron chi connectivity index (χ3n) is 3.11. The van der Waals surface area contributed by atoms with E-state index in [0.29, 0.717) is 5.69 Å². The third kappa shape index (κ3) is 5.03. The van der Waals surface area contributed by atoms with Crippen LogP contribution in [0.15, 0.2) is 59.1 Å². The minimum Gasteiger partial charge on any atom is -0.360 e. The summed E-state index contributed by atoms with van der Waals surface area (Å²) in [5.74, 6) is -1.32. The molecule has 1 amide bonds. The van der Waals surface area contributed by atoms with Crippen LogP contribution in [0.25, 0.3) is 0 Å². The predicted octanol–water partition coefficient (Wildman–Crippen LogP) is 2.58. The average Bonchev–Trinajstić information content (AvgIpc) is 2.58. The molecule has 2 rings (SSSR count). The van der Waals surface area contributed by atoms with Gasteiger partial charge in [-0.05, 0) is 42.5 Å². The van der Waals surface area contributed by atoms with Gasteiger partial charge in [-0.2, -0.15) is 5.26 Å². The van der Waals surface area contributed by atoms with Crippen LogP contribution in [-0.2, 0) is 14.8 Å². The van der Waals surface area contributed by atoms with E-state index in [4.69, 9.17) is 22.0 Å². The first-order valence-electron chi connectivity index (χ1n) is 6.97. The van der Waals surface area contributed by atoms with E-state index in [9.17, 15) is 17.6 Å². The van der Waals surface area contributed by atoms with Gasteiger partial charge in [0.2, 0.25) is 10.0 Å². The molecule has 134 valence electrons. The number of nitrogens with two attached hydrogens (primary N) is 1. The second-order valence-corrected chi connectivity index (χ2v) is 6.94. The normalized spacial score (nSPS) is 11.5. The van der Waals surface area contributed by atoms with Gasteiger partial charge in [-0.1, -0.05) is 11.6 Å². The molecule has 4 N–H and O–H groups in total. The molecule has 0 fully saturated rings. The van der Waals surface area contributed by atoms with Crippen molar-refractivity contribution in [2.24, 2.45) is 5.14 Å². The summed E-state index contributed by atoms with van der Waals surface area (Å²) in [7, 11) is -3.84. The second-order valence-electron chi connectivity index (χ2n) is 4.97. The molecular weight excluding hydrogens is 383 g/mol. The lowest BCUT2D eigenvalue weighted by Gasteiger charge is -2.06. The molecule has 0 saturated heterocycles. The third-order valence-corrected chi connectivity index (χ3v) is 4.33. The minimum absolute atomic E-state index is 0.110. The van der Waals surface area contributed by atoms with E-state index in [0.717, 1.165) is 12.3 Å². The quantitative estimate of drug-likeness (QED) is 0.531. The highest BCUT2D eigenvalue weighted by atomic mass is 35.5. The fourth-order valence-corrected chi connectivity index (χ4v) is 2.51. The van der Waals surface area contributed by atoms with Crippen LogP contribution in [-0.4, -0.2) is 14.3 Å². The molecule has 0 bridgehead atoms. The van der Waals surface area contributed by atoms with E-state index < -0.39 is 21.7 Å². The molecule has 0 aromatic heterocycles. The first-order valence-corrected chi connectivity index (χ1v) is 8.89. The van der Waals surface area contributed by atoms with Crippen molar-refractivity contribution in [2.45, 2.75) is 4.90 Å². The summed E-state index contributed by atoms with van der Waals surface area (Å²) in [6.07, 6.45) is 1.14. The van der Waals surface area contributed by atoms with Gasteiger partial charge in [0.25, 0.3) is 5.91 Å². The number of halogens is 2. The average molecular weight is 395 g/mol. The van der Waals surface area contributed by atoms with Crippen molar-refractivity contribution in [1.29, 1.82) is 5.26 Å². The van der Waals surface area contributed by atoms with Gasteiger partial charge in [0.1, 0.15) is 17.5 Å². The van der Waals surface area contributed by atoms with Crippen LogP contribution in [0.4, 0.5) is 15.8 Å². The van der Waals surface area contributed by atoms with E-state index >= 15 is 0 Å². The molecule has 0 atom stereocenters. The molecule has 2 aromatic rings. The van der Waals surface area contributed by atoms with Crippen molar-refractivity contribution in [1.82, 2.24) is 0 Å². The van der Waals surface area contributed by atoms with E-state index in [1.165, 1.54) is 36.4 Å². The van der Waals surface area contributed by atoms with Gasteiger partial charge < -0.3 is 10.6 Å². The highest BCUT2D eigenvalue weighted by Crippen LogP contribution is 2.19. The maximum absolute atomic E-state index is 13.1. The summed E-state index contributed by atoms with van der Waals surface area (Å²) < 4.78 is 35.5. The molecule has 0 heterocycles. The van der Waals surface area contributed by atoms with Gasteiger partial charge in [0, 0.05) is 17.6 Å². The number of hydrogen-bond acceptors (Lipinski definition) is 5. The van der Waals surface area contributed by atoms with Crippen molar-refractivity contribution in [3.63, 3.8) is 0 Å². The summed E-state index contributed by atoms with van der Waals surface area (Å²) in [6, 6.07) is 10.6. The number of nitriles is 1. The lowest BCUT2D eigenvalue weighted by molar-refractivity contribution is -0.112. The lowest BCUT2D eigenvalue weighted by atomic mass is 10.2.